The first kappa shape index (κ1) is 9.66. The fourth-order valence-electron chi connectivity index (χ4n) is 1.72. The average Bonchev–Trinajstić information content (AvgIpc) is 2.84. The highest BCUT2D eigenvalue weighted by atomic mass is 79.9. The monoisotopic (exact) mass is 276 g/mol. The van der Waals surface area contributed by atoms with Gasteiger partial charge in [0.25, 0.3) is 0 Å². The van der Waals surface area contributed by atoms with Crippen molar-refractivity contribution in [3.05, 3.63) is 46.9 Å². The van der Waals surface area contributed by atoms with E-state index in [0.29, 0.717) is 0 Å². The van der Waals surface area contributed by atoms with Crippen LogP contribution in [0.25, 0.3) is 17.1 Å². The molecule has 80 valence electrons. The Kier molecular flexibility index (Phi) is 2.11. The summed E-state index contributed by atoms with van der Waals surface area (Å²) in [6, 6.07) is 7.84. The zero-order valence-corrected chi connectivity index (χ0v) is 10.2. The molecule has 3 rings (SSSR count). The maximum Gasteiger partial charge on any atom is 0.180 e. The first-order valence-corrected chi connectivity index (χ1v) is 5.73. The largest absolute Gasteiger partial charge is 0.458 e. The number of aromatic nitrogens is 2. The van der Waals surface area contributed by atoms with Gasteiger partial charge in [-0.25, -0.2) is 4.98 Å². The second kappa shape index (κ2) is 3.49. The standard InChI is InChI=1S/C12H9BrN2O/c1-8-4-5-11(16-8)12-14-7-10-9(13)3-2-6-15(10)12/h2-7H,1H3. The van der Waals surface area contributed by atoms with Crippen LogP contribution in [-0.2, 0) is 0 Å². The Labute approximate surface area is 101 Å². The van der Waals surface area contributed by atoms with Crippen LogP contribution in [0.1, 0.15) is 5.76 Å². The van der Waals surface area contributed by atoms with E-state index in [4.69, 9.17) is 4.42 Å². The highest BCUT2D eigenvalue weighted by molar-refractivity contribution is 9.10. The van der Waals surface area contributed by atoms with E-state index >= 15 is 0 Å². The molecule has 0 saturated carbocycles. The van der Waals surface area contributed by atoms with Crippen molar-refractivity contribution in [2.75, 3.05) is 0 Å². The van der Waals surface area contributed by atoms with Crippen molar-refractivity contribution in [1.29, 1.82) is 0 Å². The zero-order valence-electron chi connectivity index (χ0n) is 8.64. The number of furan rings is 1. The summed E-state index contributed by atoms with van der Waals surface area (Å²) in [4.78, 5) is 4.38. The summed E-state index contributed by atoms with van der Waals surface area (Å²) < 4.78 is 8.60. The second-order valence-electron chi connectivity index (χ2n) is 3.60. The number of halogens is 1. The van der Waals surface area contributed by atoms with Gasteiger partial charge in [0, 0.05) is 10.7 Å². The molecule has 0 fully saturated rings. The number of fused-ring (bicyclic) bond motifs is 1. The van der Waals surface area contributed by atoms with E-state index < -0.39 is 0 Å². The number of pyridine rings is 1. The van der Waals surface area contributed by atoms with Crippen LogP contribution in [0.3, 0.4) is 0 Å². The Morgan fingerprint density at radius 2 is 2.19 bits per heavy atom. The Balaban J connectivity index is 2.29. The number of imidazole rings is 1. The minimum Gasteiger partial charge on any atom is -0.458 e. The third-order valence-corrected chi connectivity index (χ3v) is 3.15. The van der Waals surface area contributed by atoms with E-state index in [1.165, 1.54) is 0 Å². The number of aryl methyl sites for hydroxylation is 1. The van der Waals surface area contributed by atoms with E-state index in [-0.39, 0.29) is 0 Å². The first-order chi connectivity index (χ1) is 7.75. The van der Waals surface area contributed by atoms with Gasteiger partial charge < -0.3 is 4.42 Å². The van der Waals surface area contributed by atoms with E-state index in [1.54, 1.807) is 0 Å². The van der Waals surface area contributed by atoms with Crippen LogP contribution in [0.4, 0.5) is 0 Å². The van der Waals surface area contributed by atoms with Crippen LogP contribution in [-0.4, -0.2) is 9.38 Å². The van der Waals surface area contributed by atoms with Gasteiger partial charge in [0.15, 0.2) is 11.6 Å². The van der Waals surface area contributed by atoms with E-state index in [2.05, 4.69) is 20.9 Å². The van der Waals surface area contributed by atoms with E-state index in [9.17, 15) is 0 Å². The van der Waals surface area contributed by atoms with Gasteiger partial charge in [-0.3, -0.25) is 4.40 Å². The molecule has 0 atom stereocenters. The fraction of sp³-hybridized carbons (Fsp3) is 0.0833. The highest BCUT2D eigenvalue weighted by Crippen LogP contribution is 2.25. The minimum absolute atomic E-state index is 0.788. The van der Waals surface area contributed by atoms with Crippen molar-refractivity contribution >= 4 is 21.4 Å². The van der Waals surface area contributed by atoms with Crippen molar-refractivity contribution in [2.45, 2.75) is 6.92 Å². The van der Waals surface area contributed by atoms with Crippen molar-refractivity contribution in [2.24, 2.45) is 0 Å². The molecular formula is C12H9BrN2O. The number of nitrogens with zero attached hydrogens (tertiary/aromatic N) is 2. The van der Waals surface area contributed by atoms with Crippen LogP contribution < -0.4 is 0 Å². The molecule has 0 radical (unpaired) electrons. The van der Waals surface area contributed by atoms with Crippen LogP contribution in [0.5, 0.6) is 0 Å². The number of hydrogen-bond acceptors (Lipinski definition) is 2. The molecule has 0 aliphatic heterocycles. The molecule has 4 heteroatoms. The Morgan fingerprint density at radius 1 is 1.31 bits per heavy atom. The molecule has 0 aliphatic rings. The smallest absolute Gasteiger partial charge is 0.180 e. The van der Waals surface area contributed by atoms with Gasteiger partial charge in [-0.2, -0.15) is 0 Å². The summed E-state index contributed by atoms with van der Waals surface area (Å²) in [6.07, 6.45) is 3.80. The van der Waals surface area contributed by atoms with Crippen molar-refractivity contribution in [3.8, 4) is 11.6 Å². The molecule has 3 aromatic rings. The molecule has 3 aromatic heterocycles. The number of rotatable bonds is 1. The Hall–Kier alpha value is -1.55. The molecular weight excluding hydrogens is 268 g/mol. The third-order valence-electron chi connectivity index (χ3n) is 2.48. The summed E-state index contributed by atoms with van der Waals surface area (Å²) in [6.45, 7) is 1.93. The lowest BCUT2D eigenvalue weighted by Crippen LogP contribution is -1.87. The maximum atomic E-state index is 5.58. The Bertz CT molecular complexity index is 654. The molecule has 3 nitrogen and oxygen atoms in total. The molecule has 0 saturated heterocycles. The summed E-state index contributed by atoms with van der Waals surface area (Å²) >= 11 is 3.50. The normalized spacial score (nSPS) is 11.1. The van der Waals surface area contributed by atoms with Crippen LogP contribution >= 0.6 is 15.9 Å². The van der Waals surface area contributed by atoms with Gasteiger partial charge in [0.1, 0.15) is 5.76 Å². The van der Waals surface area contributed by atoms with Crippen LogP contribution in [0.2, 0.25) is 0 Å². The third kappa shape index (κ3) is 1.38. The maximum absolute atomic E-state index is 5.58. The summed E-state index contributed by atoms with van der Waals surface area (Å²) in [5.74, 6) is 2.50. The predicted octanol–water partition coefficient (Wildman–Crippen LogP) is 3.67. The lowest BCUT2D eigenvalue weighted by Gasteiger charge is -1.99. The molecule has 0 spiro atoms. The topological polar surface area (TPSA) is 30.4 Å². The van der Waals surface area contributed by atoms with E-state index in [1.807, 2.05) is 48.0 Å². The molecule has 0 aliphatic carbocycles. The molecule has 0 bridgehead atoms. The van der Waals surface area contributed by atoms with Crippen molar-refractivity contribution in [3.63, 3.8) is 0 Å². The van der Waals surface area contributed by atoms with Gasteiger partial charge in [-0.15, -0.1) is 0 Å². The fourth-order valence-corrected chi connectivity index (χ4v) is 2.17. The van der Waals surface area contributed by atoms with Crippen molar-refractivity contribution < 1.29 is 4.42 Å². The highest BCUT2D eigenvalue weighted by Gasteiger charge is 2.10. The molecule has 0 amide bonds. The average molecular weight is 277 g/mol. The molecule has 0 unspecified atom stereocenters. The predicted molar refractivity (Wildman–Crippen MR) is 65.3 cm³/mol. The quantitative estimate of drug-likeness (QED) is 0.679. The molecule has 16 heavy (non-hydrogen) atoms. The molecule has 0 N–H and O–H groups in total. The first-order valence-electron chi connectivity index (χ1n) is 4.94. The summed E-state index contributed by atoms with van der Waals surface area (Å²) in [5.41, 5.74) is 1.03. The van der Waals surface area contributed by atoms with Gasteiger partial charge >= 0.3 is 0 Å². The second-order valence-corrected chi connectivity index (χ2v) is 4.46. The Morgan fingerprint density at radius 3 is 2.94 bits per heavy atom. The molecule has 0 aromatic carbocycles. The van der Waals surface area contributed by atoms with E-state index in [0.717, 1.165) is 27.3 Å². The zero-order chi connectivity index (χ0) is 11.1. The minimum atomic E-state index is 0.788. The SMILES string of the molecule is Cc1ccc(-c2ncc3c(Br)cccn23)o1. The summed E-state index contributed by atoms with van der Waals surface area (Å²) in [7, 11) is 0. The lowest BCUT2D eigenvalue weighted by molar-refractivity contribution is 0.544. The lowest BCUT2D eigenvalue weighted by atomic mass is 10.4. The van der Waals surface area contributed by atoms with Gasteiger partial charge in [-0.1, -0.05) is 0 Å². The van der Waals surface area contributed by atoms with Gasteiger partial charge in [-0.05, 0) is 47.1 Å². The summed E-state index contributed by atoms with van der Waals surface area (Å²) in [5, 5.41) is 0. The van der Waals surface area contributed by atoms with Crippen LogP contribution in [0.15, 0.2) is 45.5 Å². The number of hydrogen-bond donors (Lipinski definition) is 0. The van der Waals surface area contributed by atoms with Gasteiger partial charge in [0.05, 0.1) is 11.7 Å². The van der Waals surface area contributed by atoms with Crippen LogP contribution in [0, 0.1) is 6.92 Å². The van der Waals surface area contributed by atoms with Crippen molar-refractivity contribution in [1.82, 2.24) is 9.38 Å². The molecule has 3 heterocycles. The van der Waals surface area contributed by atoms with Gasteiger partial charge in [0.2, 0.25) is 0 Å².